The molecule has 0 amide bonds. The lowest BCUT2D eigenvalue weighted by molar-refractivity contribution is -0.0344. The summed E-state index contributed by atoms with van der Waals surface area (Å²) in [6.45, 7) is 3.21. The Balaban J connectivity index is 1.42. The van der Waals surface area contributed by atoms with E-state index in [1.54, 1.807) is 0 Å². The molecule has 1 saturated carbocycles. The number of rotatable bonds is 5. The zero-order valence-electron chi connectivity index (χ0n) is 12.8. The van der Waals surface area contributed by atoms with E-state index in [-0.39, 0.29) is 6.10 Å². The Morgan fingerprint density at radius 3 is 2.71 bits per heavy atom. The standard InChI is InChI=1S/C18H27NO2/c20-17(14-21-18-8-2-1-3-9-18)13-19-11-10-15-6-4-5-7-16(15)12-19/h4-7,17-18,20H,1-3,8-14H2/t17-/m0/s1. The lowest BCUT2D eigenvalue weighted by Crippen LogP contribution is -2.39. The Morgan fingerprint density at radius 2 is 1.90 bits per heavy atom. The van der Waals surface area contributed by atoms with Gasteiger partial charge in [-0.1, -0.05) is 43.5 Å². The smallest absolute Gasteiger partial charge is 0.0900 e. The Morgan fingerprint density at radius 1 is 1.14 bits per heavy atom. The molecule has 2 aliphatic rings. The Labute approximate surface area is 127 Å². The van der Waals surface area contributed by atoms with Crippen molar-refractivity contribution in [2.75, 3.05) is 19.7 Å². The summed E-state index contributed by atoms with van der Waals surface area (Å²) < 4.78 is 5.88. The molecule has 3 heteroatoms. The molecule has 0 saturated heterocycles. The summed E-state index contributed by atoms with van der Waals surface area (Å²) in [6, 6.07) is 8.63. The summed E-state index contributed by atoms with van der Waals surface area (Å²) in [4.78, 5) is 2.34. The average Bonchev–Trinajstić information content (AvgIpc) is 2.54. The maximum absolute atomic E-state index is 10.2. The Hall–Kier alpha value is -0.900. The molecule has 3 nitrogen and oxygen atoms in total. The topological polar surface area (TPSA) is 32.7 Å². The van der Waals surface area contributed by atoms with Crippen molar-refractivity contribution in [3.05, 3.63) is 35.4 Å². The van der Waals surface area contributed by atoms with E-state index in [0.29, 0.717) is 12.7 Å². The summed E-state index contributed by atoms with van der Waals surface area (Å²) in [7, 11) is 0. The lowest BCUT2D eigenvalue weighted by atomic mass is 9.98. The van der Waals surface area contributed by atoms with Crippen molar-refractivity contribution in [1.29, 1.82) is 0 Å². The fourth-order valence-corrected chi connectivity index (χ4v) is 3.54. The molecular formula is C18H27NO2. The van der Waals surface area contributed by atoms with Crippen molar-refractivity contribution < 1.29 is 9.84 Å². The van der Waals surface area contributed by atoms with Gasteiger partial charge in [0, 0.05) is 19.6 Å². The molecule has 1 N–H and O–H groups in total. The molecule has 1 aliphatic heterocycles. The number of β-amino-alcohol motifs (C(OH)–C–C–N with tert-alkyl or cyclic N) is 1. The van der Waals surface area contributed by atoms with E-state index in [2.05, 4.69) is 29.2 Å². The van der Waals surface area contributed by atoms with Gasteiger partial charge >= 0.3 is 0 Å². The first-order chi connectivity index (χ1) is 10.3. The Bertz CT molecular complexity index is 443. The van der Waals surface area contributed by atoms with E-state index in [0.717, 1.165) is 26.1 Å². The van der Waals surface area contributed by atoms with E-state index in [1.165, 1.54) is 43.2 Å². The van der Waals surface area contributed by atoms with Crippen molar-refractivity contribution in [2.45, 2.75) is 57.3 Å². The average molecular weight is 289 g/mol. The van der Waals surface area contributed by atoms with E-state index < -0.39 is 0 Å². The minimum atomic E-state index is -0.364. The molecule has 3 rings (SSSR count). The normalized spacial score (nSPS) is 22.0. The van der Waals surface area contributed by atoms with Gasteiger partial charge < -0.3 is 9.84 Å². The molecule has 0 spiro atoms. The molecule has 21 heavy (non-hydrogen) atoms. The van der Waals surface area contributed by atoms with Crippen LogP contribution in [0.2, 0.25) is 0 Å². The van der Waals surface area contributed by atoms with Gasteiger partial charge in [0.1, 0.15) is 0 Å². The van der Waals surface area contributed by atoms with Crippen LogP contribution in [0.25, 0.3) is 0 Å². The van der Waals surface area contributed by atoms with Crippen molar-refractivity contribution in [3.63, 3.8) is 0 Å². The van der Waals surface area contributed by atoms with Gasteiger partial charge in [0.25, 0.3) is 0 Å². The highest BCUT2D eigenvalue weighted by atomic mass is 16.5. The minimum Gasteiger partial charge on any atom is -0.389 e. The maximum atomic E-state index is 10.2. The molecule has 0 radical (unpaired) electrons. The van der Waals surface area contributed by atoms with Crippen molar-refractivity contribution in [3.8, 4) is 0 Å². The van der Waals surface area contributed by atoms with Gasteiger partial charge in [-0.2, -0.15) is 0 Å². The van der Waals surface area contributed by atoms with E-state index >= 15 is 0 Å². The second kappa shape index (κ2) is 7.39. The highest BCUT2D eigenvalue weighted by Crippen LogP contribution is 2.21. The first-order valence-electron chi connectivity index (χ1n) is 8.40. The highest BCUT2D eigenvalue weighted by molar-refractivity contribution is 5.29. The lowest BCUT2D eigenvalue weighted by Gasteiger charge is -2.31. The van der Waals surface area contributed by atoms with Crippen molar-refractivity contribution >= 4 is 0 Å². The summed E-state index contributed by atoms with van der Waals surface area (Å²) in [5.74, 6) is 0. The quantitative estimate of drug-likeness (QED) is 0.904. The molecule has 1 aromatic carbocycles. The molecule has 116 valence electrons. The zero-order chi connectivity index (χ0) is 14.5. The maximum Gasteiger partial charge on any atom is 0.0900 e. The van der Waals surface area contributed by atoms with Crippen LogP contribution in [0.15, 0.2) is 24.3 Å². The van der Waals surface area contributed by atoms with Gasteiger partial charge in [0.05, 0.1) is 18.8 Å². The van der Waals surface area contributed by atoms with Gasteiger partial charge in [-0.3, -0.25) is 4.90 Å². The summed E-state index contributed by atoms with van der Waals surface area (Å²) in [6.07, 6.45) is 7.36. The molecule has 0 bridgehead atoms. The van der Waals surface area contributed by atoms with Crippen LogP contribution >= 0.6 is 0 Å². The predicted molar refractivity (Wildman–Crippen MR) is 84.3 cm³/mol. The molecule has 1 aromatic rings. The first-order valence-corrected chi connectivity index (χ1v) is 8.40. The highest BCUT2D eigenvalue weighted by Gasteiger charge is 2.20. The van der Waals surface area contributed by atoms with Gasteiger partial charge in [-0.15, -0.1) is 0 Å². The number of hydrogen-bond donors (Lipinski definition) is 1. The zero-order valence-corrected chi connectivity index (χ0v) is 12.8. The van der Waals surface area contributed by atoms with E-state index in [1.807, 2.05) is 0 Å². The number of nitrogens with zero attached hydrogens (tertiary/aromatic N) is 1. The summed E-state index contributed by atoms with van der Waals surface area (Å²) in [5, 5.41) is 10.2. The van der Waals surface area contributed by atoms with Crippen LogP contribution < -0.4 is 0 Å². The fourth-order valence-electron chi connectivity index (χ4n) is 3.54. The van der Waals surface area contributed by atoms with Crippen LogP contribution in [0, 0.1) is 0 Å². The SMILES string of the molecule is O[C@H](COC1CCCCC1)CN1CCc2ccccc2C1. The van der Waals surface area contributed by atoms with Gasteiger partial charge in [0.2, 0.25) is 0 Å². The molecule has 1 atom stereocenters. The summed E-state index contributed by atoms with van der Waals surface area (Å²) >= 11 is 0. The first kappa shape index (κ1) is 15.0. The van der Waals surface area contributed by atoms with Crippen LogP contribution in [0.3, 0.4) is 0 Å². The van der Waals surface area contributed by atoms with Crippen molar-refractivity contribution in [1.82, 2.24) is 4.90 Å². The van der Waals surface area contributed by atoms with Crippen LogP contribution in [-0.4, -0.2) is 41.9 Å². The number of hydrogen-bond acceptors (Lipinski definition) is 3. The van der Waals surface area contributed by atoms with Gasteiger partial charge in [-0.25, -0.2) is 0 Å². The molecule has 1 fully saturated rings. The third-order valence-corrected chi connectivity index (χ3v) is 4.76. The summed E-state index contributed by atoms with van der Waals surface area (Å²) in [5.41, 5.74) is 2.87. The fraction of sp³-hybridized carbons (Fsp3) is 0.667. The third kappa shape index (κ3) is 4.29. The number of fused-ring (bicyclic) bond motifs is 1. The molecular weight excluding hydrogens is 262 g/mol. The van der Waals surface area contributed by atoms with Crippen LogP contribution in [0.1, 0.15) is 43.2 Å². The largest absolute Gasteiger partial charge is 0.389 e. The molecule has 1 heterocycles. The van der Waals surface area contributed by atoms with Crippen LogP contribution in [0.5, 0.6) is 0 Å². The van der Waals surface area contributed by atoms with Crippen LogP contribution in [-0.2, 0) is 17.7 Å². The second-order valence-corrected chi connectivity index (χ2v) is 6.50. The van der Waals surface area contributed by atoms with Gasteiger partial charge in [0.15, 0.2) is 0 Å². The van der Waals surface area contributed by atoms with Crippen LogP contribution in [0.4, 0.5) is 0 Å². The number of aliphatic hydroxyl groups excluding tert-OH is 1. The molecule has 0 aromatic heterocycles. The number of benzene rings is 1. The third-order valence-electron chi connectivity index (χ3n) is 4.76. The van der Waals surface area contributed by atoms with Crippen molar-refractivity contribution in [2.24, 2.45) is 0 Å². The second-order valence-electron chi connectivity index (χ2n) is 6.50. The Kier molecular flexibility index (Phi) is 5.28. The number of ether oxygens (including phenoxy) is 1. The number of aliphatic hydroxyl groups is 1. The molecule has 1 aliphatic carbocycles. The monoisotopic (exact) mass is 289 g/mol. The molecule has 0 unspecified atom stereocenters. The van der Waals surface area contributed by atoms with E-state index in [9.17, 15) is 5.11 Å². The predicted octanol–water partition coefficient (Wildman–Crippen LogP) is 2.75. The minimum absolute atomic E-state index is 0.364. The van der Waals surface area contributed by atoms with E-state index in [4.69, 9.17) is 4.74 Å². The van der Waals surface area contributed by atoms with Gasteiger partial charge in [-0.05, 0) is 30.4 Å².